The van der Waals surface area contributed by atoms with Crippen LogP contribution in [-0.4, -0.2) is 65.2 Å². The van der Waals surface area contributed by atoms with Gasteiger partial charge < -0.3 is 10.1 Å². The van der Waals surface area contributed by atoms with Crippen LogP contribution in [0.25, 0.3) is 0 Å². The number of hydrogen-bond acceptors (Lipinski definition) is 5. The molecule has 1 aliphatic heterocycles. The molecule has 32 heavy (non-hydrogen) atoms. The Labute approximate surface area is 199 Å². The number of rotatable bonds is 9. The van der Waals surface area contributed by atoms with E-state index in [4.69, 9.17) is 27.9 Å². The Morgan fingerprint density at radius 2 is 1.81 bits per heavy atom. The summed E-state index contributed by atoms with van der Waals surface area (Å²) in [5.41, 5.74) is 1.08. The normalized spacial score (nSPS) is 14.8. The molecule has 1 N–H and O–H groups in total. The number of carbonyl (C=O) groups excluding carboxylic acids is 1. The SMILES string of the molecule is Cc1ccc(S(=O)(=O)N(CC(=O)NCCCN2CCOCC2)c2cc(Cl)ccc2Cl)cc1. The van der Waals surface area contributed by atoms with Gasteiger partial charge in [-0.2, -0.15) is 0 Å². The van der Waals surface area contributed by atoms with Crippen molar-refractivity contribution in [1.82, 2.24) is 10.2 Å². The third-order valence-electron chi connectivity index (χ3n) is 5.15. The maximum atomic E-state index is 13.4. The summed E-state index contributed by atoms with van der Waals surface area (Å²) >= 11 is 12.4. The molecule has 1 saturated heterocycles. The molecule has 1 amide bonds. The molecule has 0 saturated carbocycles. The fourth-order valence-electron chi connectivity index (χ4n) is 3.36. The number of morpholine rings is 1. The van der Waals surface area contributed by atoms with Crippen molar-refractivity contribution in [2.75, 3.05) is 50.2 Å². The quantitative estimate of drug-likeness (QED) is 0.535. The highest BCUT2D eigenvalue weighted by Crippen LogP contribution is 2.33. The Bertz CT molecular complexity index is 1030. The molecule has 10 heteroatoms. The van der Waals surface area contributed by atoms with Gasteiger partial charge in [-0.25, -0.2) is 8.42 Å². The number of nitrogens with one attached hydrogen (secondary N) is 1. The maximum absolute atomic E-state index is 13.4. The molecule has 0 unspecified atom stereocenters. The summed E-state index contributed by atoms with van der Waals surface area (Å²) in [6.07, 6.45) is 0.758. The zero-order valence-electron chi connectivity index (χ0n) is 17.9. The molecule has 0 spiro atoms. The second-order valence-corrected chi connectivity index (χ2v) is 10.3. The zero-order chi connectivity index (χ0) is 23.1. The van der Waals surface area contributed by atoms with Crippen molar-refractivity contribution in [3.05, 3.63) is 58.1 Å². The molecule has 3 rings (SSSR count). The number of benzene rings is 2. The smallest absolute Gasteiger partial charge is 0.264 e. The number of anilines is 1. The van der Waals surface area contributed by atoms with Crippen molar-refractivity contribution < 1.29 is 17.9 Å². The molecule has 0 atom stereocenters. The van der Waals surface area contributed by atoms with E-state index in [1.165, 1.54) is 24.3 Å². The molecule has 1 heterocycles. The van der Waals surface area contributed by atoms with Crippen LogP contribution < -0.4 is 9.62 Å². The summed E-state index contributed by atoms with van der Waals surface area (Å²) in [5.74, 6) is -0.418. The van der Waals surface area contributed by atoms with Gasteiger partial charge in [0.25, 0.3) is 10.0 Å². The zero-order valence-corrected chi connectivity index (χ0v) is 20.2. The second kappa shape index (κ2) is 11.3. The predicted molar refractivity (Wildman–Crippen MR) is 127 cm³/mol. The lowest BCUT2D eigenvalue weighted by molar-refractivity contribution is -0.119. The predicted octanol–water partition coefficient (Wildman–Crippen LogP) is 3.34. The van der Waals surface area contributed by atoms with Crippen LogP contribution in [0.15, 0.2) is 47.4 Å². The van der Waals surface area contributed by atoms with E-state index in [1.807, 2.05) is 6.92 Å². The van der Waals surface area contributed by atoms with E-state index in [-0.39, 0.29) is 15.6 Å². The molecule has 7 nitrogen and oxygen atoms in total. The summed E-state index contributed by atoms with van der Waals surface area (Å²) < 4.78 is 33.1. The van der Waals surface area contributed by atoms with Gasteiger partial charge in [0.15, 0.2) is 0 Å². The van der Waals surface area contributed by atoms with E-state index in [2.05, 4.69) is 10.2 Å². The summed E-state index contributed by atoms with van der Waals surface area (Å²) in [4.78, 5) is 15.0. The van der Waals surface area contributed by atoms with Gasteiger partial charge in [0.1, 0.15) is 6.54 Å². The standard InChI is InChI=1S/C22H27Cl2N3O4S/c1-17-3-6-19(7-4-17)32(29,30)27(21-15-18(23)5-8-20(21)24)16-22(28)25-9-2-10-26-11-13-31-14-12-26/h3-8,15H,2,9-14,16H2,1H3,(H,25,28). The molecule has 1 aliphatic rings. The van der Waals surface area contributed by atoms with Gasteiger partial charge in [-0.1, -0.05) is 40.9 Å². The van der Waals surface area contributed by atoms with Gasteiger partial charge in [0.2, 0.25) is 5.91 Å². The summed E-state index contributed by atoms with van der Waals surface area (Å²) in [5, 5.41) is 3.31. The van der Waals surface area contributed by atoms with Crippen molar-refractivity contribution in [2.45, 2.75) is 18.2 Å². The Balaban J connectivity index is 1.73. The van der Waals surface area contributed by atoms with Crippen molar-refractivity contribution in [3.63, 3.8) is 0 Å². The fourth-order valence-corrected chi connectivity index (χ4v) is 5.22. The number of ether oxygens (including phenoxy) is 1. The lowest BCUT2D eigenvalue weighted by atomic mass is 10.2. The third kappa shape index (κ3) is 6.59. The molecule has 174 valence electrons. The van der Waals surface area contributed by atoms with Crippen LogP contribution in [0.3, 0.4) is 0 Å². The number of halogens is 2. The van der Waals surface area contributed by atoms with E-state index in [0.717, 1.165) is 49.1 Å². The van der Waals surface area contributed by atoms with Crippen LogP contribution in [-0.2, 0) is 19.6 Å². The molecule has 0 radical (unpaired) electrons. The molecule has 0 bridgehead atoms. The first-order valence-electron chi connectivity index (χ1n) is 10.4. The maximum Gasteiger partial charge on any atom is 0.264 e. The molecular weight excluding hydrogens is 473 g/mol. The number of sulfonamides is 1. The Hall–Kier alpha value is -1.84. The fraction of sp³-hybridized carbons (Fsp3) is 0.409. The first-order valence-corrected chi connectivity index (χ1v) is 12.6. The topological polar surface area (TPSA) is 79.0 Å². The van der Waals surface area contributed by atoms with E-state index in [1.54, 1.807) is 18.2 Å². The van der Waals surface area contributed by atoms with Gasteiger partial charge in [-0.15, -0.1) is 0 Å². The summed E-state index contributed by atoms with van der Waals surface area (Å²) in [7, 11) is -4.05. The molecule has 0 aromatic heterocycles. The Morgan fingerprint density at radius 1 is 1.12 bits per heavy atom. The highest BCUT2D eigenvalue weighted by atomic mass is 35.5. The average molecular weight is 500 g/mol. The molecule has 2 aromatic carbocycles. The summed E-state index contributed by atoms with van der Waals surface area (Å²) in [6, 6.07) is 11.0. The largest absolute Gasteiger partial charge is 0.379 e. The van der Waals surface area contributed by atoms with Crippen molar-refractivity contribution in [1.29, 1.82) is 0 Å². The van der Waals surface area contributed by atoms with Gasteiger partial charge >= 0.3 is 0 Å². The molecule has 2 aromatic rings. The minimum absolute atomic E-state index is 0.0688. The van der Waals surface area contributed by atoms with Crippen LogP contribution >= 0.6 is 23.2 Å². The van der Waals surface area contributed by atoms with E-state index in [0.29, 0.717) is 11.6 Å². The highest BCUT2D eigenvalue weighted by Gasteiger charge is 2.29. The highest BCUT2D eigenvalue weighted by molar-refractivity contribution is 7.92. The average Bonchev–Trinajstić information content (AvgIpc) is 2.78. The third-order valence-corrected chi connectivity index (χ3v) is 7.48. The van der Waals surface area contributed by atoms with Crippen molar-refractivity contribution >= 4 is 44.8 Å². The lowest BCUT2D eigenvalue weighted by Crippen LogP contribution is -2.42. The number of hydrogen-bond donors (Lipinski definition) is 1. The van der Waals surface area contributed by atoms with Gasteiger partial charge in [0.05, 0.1) is 28.8 Å². The molecule has 1 fully saturated rings. The Morgan fingerprint density at radius 3 is 2.50 bits per heavy atom. The monoisotopic (exact) mass is 499 g/mol. The van der Waals surface area contributed by atoms with Gasteiger partial charge in [-0.3, -0.25) is 14.0 Å². The van der Waals surface area contributed by atoms with Crippen LogP contribution in [0.5, 0.6) is 0 Å². The number of nitrogens with zero attached hydrogens (tertiary/aromatic N) is 2. The minimum Gasteiger partial charge on any atom is -0.379 e. The van der Waals surface area contributed by atoms with Crippen molar-refractivity contribution in [2.24, 2.45) is 0 Å². The van der Waals surface area contributed by atoms with Crippen LogP contribution in [0, 0.1) is 6.92 Å². The van der Waals surface area contributed by atoms with E-state index in [9.17, 15) is 13.2 Å². The van der Waals surface area contributed by atoms with E-state index >= 15 is 0 Å². The lowest BCUT2D eigenvalue weighted by Gasteiger charge is -2.27. The molecule has 0 aliphatic carbocycles. The first kappa shape index (κ1) is 24.8. The van der Waals surface area contributed by atoms with Gasteiger partial charge in [-0.05, 0) is 50.2 Å². The second-order valence-electron chi connectivity index (χ2n) is 7.58. The summed E-state index contributed by atoms with van der Waals surface area (Å²) in [6.45, 7) is 5.94. The molecular formula is C22H27Cl2N3O4S. The van der Waals surface area contributed by atoms with E-state index < -0.39 is 22.5 Å². The van der Waals surface area contributed by atoms with Crippen LogP contribution in [0.1, 0.15) is 12.0 Å². The van der Waals surface area contributed by atoms with Crippen LogP contribution in [0.2, 0.25) is 10.0 Å². The Kier molecular flexibility index (Phi) is 8.79. The first-order chi connectivity index (χ1) is 15.3. The van der Waals surface area contributed by atoms with Gasteiger partial charge in [0, 0.05) is 24.7 Å². The number of amides is 1. The minimum atomic E-state index is -4.05. The number of carbonyl (C=O) groups is 1. The van der Waals surface area contributed by atoms with Crippen molar-refractivity contribution in [3.8, 4) is 0 Å². The number of aryl methyl sites for hydroxylation is 1. The van der Waals surface area contributed by atoms with Crippen LogP contribution in [0.4, 0.5) is 5.69 Å².